The molecule has 0 saturated carbocycles. The molecule has 1 aromatic rings. The van der Waals surface area contributed by atoms with Gasteiger partial charge in [0.15, 0.2) is 0 Å². The standard InChI is InChI=1S/C16H20N2O2/c1-16(2,3)20-15(19)18-9-8-13(11-18)14-7-5-4-6-12(14)10-17/h4-7,13H,8-9,11H2,1-3H3. The summed E-state index contributed by atoms with van der Waals surface area (Å²) in [5.74, 6) is 0.221. The molecule has 1 amide bonds. The Morgan fingerprint density at radius 1 is 1.40 bits per heavy atom. The molecule has 1 fully saturated rings. The third-order valence-corrected chi connectivity index (χ3v) is 3.36. The summed E-state index contributed by atoms with van der Waals surface area (Å²) in [4.78, 5) is 13.8. The summed E-state index contributed by atoms with van der Waals surface area (Å²) in [7, 11) is 0. The Bertz CT molecular complexity index is 540. The van der Waals surface area contributed by atoms with Crippen molar-refractivity contribution < 1.29 is 9.53 Å². The molecule has 106 valence electrons. The minimum Gasteiger partial charge on any atom is -0.444 e. The summed E-state index contributed by atoms with van der Waals surface area (Å²) in [6.07, 6.45) is 0.604. The Balaban J connectivity index is 2.06. The molecule has 0 aliphatic carbocycles. The van der Waals surface area contributed by atoms with E-state index in [-0.39, 0.29) is 12.0 Å². The Morgan fingerprint density at radius 3 is 2.75 bits per heavy atom. The summed E-state index contributed by atoms with van der Waals surface area (Å²) >= 11 is 0. The van der Waals surface area contributed by atoms with E-state index >= 15 is 0 Å². The van der Waals surface area contributed by atoms with Crippen LogP contribution in [0, 0.1) is 11.3 Å². The van der Waals surface area contributed by atoms with Crippen molar-refractivity contribution in [3.63, 3.8) is 0 Å². The Labute approximate surface area is 120 Å². The summed E-state index contributed by atoms with van der Waals surface area (Å²) in [6.45, 7) is 6.89. The van der Waals surface area contributed by atoms with Gasteiger partial charge in [0.25, 0.3) is 0 Å². The molecule has 0 radical (unpaired) electrons. The Kier molecular flexibility index (Phi) is 3.99. The number of amides is 1. The van der Waals surface area contributed by atoms with Gasteiger partial charge in [-0.1, -0.05) is 18.2 Å². The van der Waals surface area contributed by atoms with E-state index in [0.717, 1.165) is 12.0 Å². The zero-order valence-electron chi connectivity index (χ0n) is 12.2. The van der Waals surface area contributed by atoms with Gasteiger partial charge in [-0.15, -0.1) is 0 Å². The van der Waals surface area contributed by atoms with E-state index in [1.807, 2.05) is 45.0 Å². The highest BCUT2D eigenvalue weighted by molar-refractivity contribution is 5.68. The van der Waals surface area contributed by atoms with Crippen LogP contribution in [0.1, 0.15) is 44.2 Å². The second-order valence-electron chi connectivity index (χ2n) is 6.11. The number of hydrogen-bond acceptors (Lipinski definition) is 3. The van der Waals surface area contributed by atoms with Crippen LogP contribution in [-0.4, -0.2) is 29.7 Å². The van der Waals surface area contributed by atoms with Crippen molar-refractivity contribution in [3.8, 4) is 6.07 Å². The zero-order chi connectivity index (χ0) is 14.8. The summed E-state index contributed by atoms with van der Waals surface area (Å²) in [5, 5.41) is 9.15. The minimum atomic E-state index is -0.472. The van der Waals surface area contributed by atoms with E-state index in [1.54, 1.807) is 4.90 Å². The topological polar surface area (TPSA) is 53.3 Å². The van der Waals surface area contributed by atoms with Crippen LogP contribution in [0.5, 0.6) is 0 Å². The molecule has 1 atom stereocenters. The normalized spacial score (nSPS) is 18.7. The number of ether oxygens (including phenoxy) is 1. The first kappa shape index (κ1) is 14.4. The lowest BCUT2D eigenvalue weighted by molar-refractivity contribution is 0.0292. The first-order valence-corrected chi connectivity index (χ1v) is 6.87. The summed E-state index contributed by atoms with van der Waals surface area (Å²) in [5.41, 5.74) is 1.25. The van der Waals surface area contributed by atoms with Gasteiger partial charge in [0, 0.05) is 19.0 Å². The van der Waals surface area contributed by atoms with Gasteiger partial charge in [0.1, 0.15) is 5.60 Å². The number of benzene rings is 1. The van der Waals surface area contributed by atoms with Crippen molar-refractivity contribution in [1.82, 2.24) is 4.90 Å². The van der Waals surface area contributed by atoms with Crippen molar-refractivity contribution in [2.45, 2.75) is 38.7 Å². The molecule has 0 N–H and O–H groups in total. The van der Waals surface area contributed by atoms with Gasteiger partial charge in [0.2, 0.25) is 0 Å². The van der Waals surface area contributed by atoms with Gasteiger partial charge in [-0.3, -0.25) is 0 Å². The number of carbonyl (C=O) groups is 1. The highest BCUT2D eigenvalue weighted by Gasteiger charge is 2.31. The maximum atomic E-state index is 12.0. The number of nitrogens with zero attached hydrogens (tertiary/aromatic N) is 2. The predicted octanol–water partition coefficient (Wildman–Crippen LogP) is 3.28. The Hall–Kier alpha value is -2.02. The summed E-state index contributed by atoms with van der Waals surface area (Å²) in [6, 6.07) is 9.82. The molecule has 4 nitrogen and oxygen atoms in total. The van der Waals surface area contributed by atoms with E-state index < -0.39 is 5.60 Å². The molecule has 1 aliphatic rings. The van der Waals surface area contributed by atoms with Crippen molar-refractivity contribution >= 4 is 6.09 Å². The van der Waals surface area contributed by atoms with Crippen LogP contribution in [0.2, 0.25) is 0 Å². The van der Waals surface area contributed by atoms with Crippen molar-refractivity contribution in [2.24, 2.45) is 0 Å². The molecular formula is C16H20N2O2. The van der Waals surface area contributed by atoms with Crippen molar-refractivity contribution in [3.05, 3.63) is 35.4 Å². The fourth-order valence-corrected chi connectivity index (χ4v) is 2.46. The average Bonchev–Trinajstić information content (AvgIpc) is 2.86. The van der Waals surface area contributed by atoms with Crippen LogP contribution in [0.25, 0.3) is 0 Å². The van der Waals surface area contributed by atoms with E-state index in [1.165, 1.54) is 0 Å². The molecule has 0 spiro atoms. The first-order valence-electron chi connectivity index (χ1n) is 6.87. The van der Waals surface area contributed by atoms with Crippen molar-refractivity contribution in [1.29, 1.82) is 5.26 Å². The van der Waals surface area contributed by atoms with E-state index in [2.05, 4.69) is 6.07 Å². The monoisotopic (exact) mass is 272 g/mol. The van der Waals surface area contributed by atoms with Crippen LogP contribution in [0.4, 0.5) is 4.79 Å². The highest BCUT2D eigenvalue weighted by atomic mass is 16.6. The number of rotatable bonds is 1. The third-order valence-electron chi connectivity index (χ3n) is 3.36. The molecule has 1 heterocycles. The van der Waals surface area contributed by atoms with Gasteiger partial charge >= 0.3 is 6.09 Å². The van der Waals surface area contributed by atoms with Crippen LogP contribution in [0.15, 0.2) is 24.3 Å². The van der Waals surface area contributed by atoms with Gasteiger partial charge < -0.3 is 9.64 Å². The van der Waals surface area contributed by atoms with Crippen molar-refractivity contribution in [2.75, 3.05) is 13.1 Å². The van der Waals surface area contributed by atoms with E-state index in [0.29, 0.717) is 18.7 Å². The lowest BCUT2D eigenvalue weighted by Gasteiger charge is -2.24. The predicted molar refractivity (Wildman–Crippen MR) is 76.3 cm³/mol. The average molecular weight is 272 g/mol. The number of nitriles is 1. The van der Waals surface area contributed by atoms with Crippen LogP contribution >= 0.6 is 0 Å². The van der Waals surface area contributed by atoms with Crippen LogP contribution in [-0.2, 0) is 4.74 Å². The number of hydrogen-bond donors (Lipinski definition) is 0. The van der Waals surface area contributed by atoms with Gasteiger partial charge in [-0.25, -0.2) is 4.79 Å². The second-order valence-corrected chi connectivity index (χ2v) is 6.11. The molecule has 1 unspecified atom stereocenters. The molecular weight excluding hydrogens is 252 g/mol. The molecule has 2 rings (SSSR count). The number of likely N-dealkylation sites (tertiary alicyclic amines) is 1. The zero-order valence-corrected chi connectivity index (χ0v) is 12.2. The molecule has 1 aliphatic heterocycles. The molecule has 1 aromatic carbocycles. The molecule has 1 saturated heterocycles. The fourth-order valence-electron chi connectivity index (χ4n) is 2.46. The number of carbonyl (C=O) groups excluding carboxylic acids is 1. The maximum absolute atomic E-state index is 12.0. The molecule has 20 heavy (non-hydrogen) atoms. The smallest absolute Gasteiger partial charge is 0.410 e. The van der Waals surface area contributed by atoms with Gasteiger partial charge in [0.05, 0.1) is 11.6 Å². The fraction of sp³-hybridized carbons (Fsp3) is 0.500. The lowest BCUT2D eigenvalue weighted by atomic mass is 9.94. The maximum Gasteiger partial charge on any atom is 0.410 e. The lowest BCUT2D eigenvalue weighted by Crippen LogP contribution is -2.35. The first-order chi connectivity index (χ1) is 9.40. The SMILES string of the molecule is CC(C)(C)OC(=O)N1CCC(c2ccccc2C#N)C1. The van der Waals surface area contributed by atoms with Gasteiger partial charge in [-0.05, 0) is 38.8 Å². The Morgan fingerprint density at radius 2 is 2.10 bits per heavy atom. The molecule has 0 bridgehead atoms. The molecule has 0 aromatic heterocycles. The second kappa shape index (κ2) is 5.54. The quantitative estimate of drug-likeness (QED) is 0.788. The minimum absolute atomic E-state index is 0.221. The highest BCUT2D eigenvalue weighted by Crippen LogP contribution is 2.30. The summed E-state index contributed by atoms with van der Waals surface area (Å²) < 4.78 is 5.38. The molecule has 4 heteroatoms. The van der Waals surface area contributed by atoms with Crippen LogP contribution < -0.4 is 0 Å². The van der Waals surface area contributed by atoms with E-state index in [4.69, 9.17) is 10.00 Å². The third kappa shape index (κ3) is 3.30. The van der Waals surface area contributed by atoms with Crippen LogP contribution in [0.3, 0.4) is 0 Å². The van der Waals surface area contributed by atoms with E-state index in [9.17, 15) is 4.79 Å². The largest absolute Gasteiger partial charge is 0.444 e. The van der Waals surface area contributed by atoms with Gasteiger partial charge in [-0.2, -0.15) is 5.26 Å².